The molecule has 9 nitrogen and oxygen atoms in total. The number of ether oxygens (including phenoxy) is 2. The van der Waals surface area contributed by atoms with Crippen molar-refractivity contribution in [3.63, 3.8) is 0 Å². The van der Waals surface area contributed by atoms with Gasteiger partial charge in [-0.2, -0.15) is 0 Å². The van der Waals surface area contributed by atoms with Gasteiger partial charge in [-0.15, -0.1) is 0 Å². The maximum atomic E-state index is 13.2. The first-order chi connectivity index (χ1) is 16.0. The maximum Gasteiger partial charge on any atom is 0.291 e. The highest BCUT2D eigenvalue weighted by Gasteiger charge is 2.39. The van der Waals surface area contributed by atoms with Crippen LogP contribution in [0.1, 0.15) is 98.9 Å². The van der Waals surface area contributed by atoms with Crippen LogP contribution >= 0.6 is 0 Å². The monoisotopic (exact) mass is 474 g/mol. The lowest BCUT2D eigenvalue weighted by atomic mass is 9.82. The van der Waals surface area contributed by atoms with E-state index in [0.717, 1.165) is 37.8 Å². The number of nitrogens with one attached hydrogen (secondary N) is 1. The predicted molar refractivity (Wildman–Crippen MR) is 128 cm³/mol. The molecule has 188 valence electrons. The van der Waals surface area contributed by atoms with Crippen molar-refractivity contribution in [2.75, 3.05) is 12.4 Å². The largest absolute Gasteiger partial charge is 0.381 e. The number of aromatic nitrogens is 3. The number of carbonyl (C=O) groups excluding carboxylic acids is 1. The van der Waals surface area contributed by atoms with E-state index in [4.69, 9.17) is 14.0 Å². The highest BCUT2D eigenvalue weighted by Crippen LogP contribution is 2.40. The van der Waals surface area contributed by atoms with Gasteiger partial charge in [0.1, 0.15) is 11.8 Å². The van der Waals surface area contributed by atoms with E-state index in [0.29, 0.717) is 23.4 Å². The first-order valence-corrected chi connectivity index (χ1v) is 12.3. The molecule has 4 rings (SSSR count). The number of amides is 1. The van der Waals surface area contributed by atoms with Crippen LogP contribution in [-0.4, -0.2) is 39.7 Å². The van der Waals surface area contributed by atoms with E-state index in [9.17, 15) is 9.59 Å². The zero-order valence-electron chi connectivity index (χ0n) is 21.4. The second-order valence-corrected chi connectivity index (χ2v) is 10.9. The second-order valence-electron chi connectivity index (χ2n) is 10.9. The maximum absolute atomic E-state index is 13.2. The van der Waals surface area contributed by atoms with Crippen LogP contribution in [0.15, 0.2) is 9.32 Å². The Morgan fingerprint density at radius 1 is 1.18 bits per heavy atom. The Kier molecular flexibility index (Phi) is 6.79. The number of anilines is 1. The summed E-state index contributed by atoms with van der Waals surface area (Å²) in [5.74, 6) is 0.0812. The molecule has 1 N–H and O–H groups in total. The molecule has 0 spiro atoms. The normalized spacial score (nSPS) is 24.0. The van der Waals surface area contributed by atoms with Crippen molar-refractivity contribution in [1.82, 2.24) is 14.5 Å². The Morgan fingerprint density at radius 3 is 2.47 bits per heavy atom. The summed E-state index contributed by atoms with van der Waals surface area (Å²) in [6.07, 6.45) is 5.30. The summed E-state index contributed by atoms with van der Waals surface area (Å²) in [7, 11) is 3.57. The van der Waals surface area contributed by atoms with Crippen LogP contribution in [0.5, 0.6) is 0 Å². The molecule has 1 saturated heterocycles. The number of hydrogen-bond acceptors (Lipinski definition) is 6. The molecule has 2 fully saturated rings. The Balaban J connectivity index is 1.57. The molecule has 1 aliphatic heterocycles. The minimum absolute atomic E-state index is 0.0148. The van der Waals surface area contributed by atoms with E-state index in [-0.39, 0.29) is 41.0 Å². The zero-order valence-corrected chi connectivity index (χ0v) is 21.4. The molecule has 9 heteroatoms. The molecule has 3 atom stereocenters. The summed E-state index contributed by atoms with van der Waals surface area (Å²) in [4.78, 5) is 26.3. The van der Waals surface area contributed by atoms with Gasteiger partial charge >= 0.3 is 0 Å². The van der Waals surface area contributed by atoms with Crippen LogP contribution in [0.2, 0.25) is 0 Å². The molecule has 2 aromatic heterocycles. The Bertz CT molecular complexity index is 1100. The van der Waals surface area contributed by atoms with E-state index in [1.807, 2.05) is 18.7 Å². The fraction of sp³-hybridized carbons (Fsp3) is 0.720. The van der Waals surface area contributed by atoms with Crippen LogP contribution in [0, 0.1) is 19.3 Å². The zero-order chi connectivity index (χ0) is 24.8. The van der Waals surface area contributed by atoms with E-state index < -0.39 is 5.91 Å². The van der Waals surface area contributed by atoms with Crippen molar-refractivity contribution in [2.24, 2.45) is 12.5 Å². The standard InChI is InChI=1S/C25H38N4O5/c1-14-20(27-34-22(14)18-12-17(32-7)13-19(33-18)25(3,4)5)23(30)26-21-15(2)28(6)29(24(21)31)16-10-8-9-11-16/h16-19H,8-13H2,1-7H3,(H,26,30). The smallest absolute Gasteiger partial charge is 0.291 e. The van der Waals surface area contributed by atoms with Crippen LogP contribution < -0.4 is 10.9 Å². The quantitative estimate of drug-likeness (QED) is 0.688. The summed E-state index contributed by atoms with van der Waals surface area (Å²) >= 11 is 0. The Hall–Kier alpha value is -2.39. The van der Waals surface area contributed by atoms with Gasteiger partial charge in [-0.25, -0.2) is 4.68 Å². The van der Waals surface area contributed by atoms with Crippen molar-refractivity contribution in [3.05, 3.63) is 33.1 Å². The number of carbonyl (C=O) groups is 1. The molecule has 0 radical (unpaired) electrons. The van der Waals surface area contributed by atoms with Gasteiger partial charge in [0.05, 0.1) is 23.9 Å². The van der Waals surface area contributed by atoms with Gasteiger partial charge in [-0.05, 0) is 32.1 Å². The third-order valence-corrected chi connectivity index (χ3v) is 7.55. The Morgan fingerprint density at radius 2 is 1.85 bits per heavy atom. The summed E-state index contributed by atoms with van der Waals surface area (Å²) in [6, 6.07) is 0.176. The van der Waals surface area contributed by atoms with E-state index in [1.165, 1.54) is 0 Å². The highest BCUT2D eigenvalue weighted by atomic mass is 16.5. The van der Waals surface area contributed by atoms with Crippen LogP contribution in [-0.2, 0) is 16.5 Å². The van der Waals surface area contributed by atoms with Crippen molar-refractivity contribution in [1.29, 1.82) is 0 Å². The number of methoxy groups -OCH3 is 1. The molecule has 1 amide bonds. The molecule has 1 aliphatic carbocycles. The van der Waals surface area contributed by atoms with Gasteiger partial charge in [0.15, 0.2) is 11.5 Å². The highest BCUT2D eigenvalue weighted by molar-refractivity contribution is 6.04. The number of nitrogens with zero attached hydrogens (tertiary/aromatic N) is 3. The molecule has 2 aromatic rings. The molecule has 3 heterocycles. The van der Waals surface area contributed by atoms with Gasteiger partial charge in [0.2, 0.25) is 0 Å². The fourth-order valence-corrected chi connectivity index (χ4v) is 5.27. The first kappa shape index (κ1) is 24.7. The van der Waals surface area contributed by atoms with Crippen molar-refractivity contribution < 1.29 is 18.8 Å². The van der Waals surface area contributed by atoms with Gasteiger partial charge in [-0.3, -0.25) is 14.3 Å². The van der Waals surface area contributed by atoms with E-state index in [2.05, 4.69) is 31.2 Å². The summed E-state index contributed by atoms with van der Waals surface area (Å²) in [5, 5.41) is 6.88. The number of rotatable bonds is 5. The van der Waals surface area contributed by atoms with E-state index in [1.54, 1.807) is 18.7 Å². The lowest BCUT2D eigenvalue weighted by molar-refractivity contribution is -0.150. The van der Waals surface area contributed by atoms with Gasteiger partial charge in [0, 0.05) is 32.6 Å². The summed E-state index contributed by atoms with van der Waals surface area (Å²) < 4.78 is 21.3. The molecule has 0 aromatic carbocycles. The molecule has 2 aliphatic rings. The lowest BCUT2D eigenvalue weighted by Gasteiger charge is -2.40. The van der Waals surface area contributed by atoms with Crippen molar-refractivity contribution in [2.45, 2.75) is 97.5 Å². The van der Waals surface area contributed by atoms with Crippen LogP contribution in [0.25, 0.3) is 0 Å². The lowest BCUT2D eigenvalue weighted by Crippen LogP contribution is -2.40. The first-order valence-electron chi connectivity index (χ1n) is 12.3. The van der Waals surface area contributed by atoms with E-state index >= 15 is 0 Å². The third-order valence-electron chi connectivity index (χ3n) is 7.55. The third kappa shape index (κ3) is 4.47. The summed E-state index contributed by atoms with van der Waals surface area (Å²) in [5.41, 5.74) is 1.57. The predicted octanol–water partition coefficient (Wildman–Crippen LogP) is 4.44. The number of hydrogen-bond donors (Lipinski definition) is 1. The van der Waals surface area contributed by atoms with Gasteiger partial charge < -0.3 is 19.3 Å². The van der Waals surface area contributed by atoms with Crippen LogP contribution in [0.3, 0.4) is 0 Å². The SMILES string of the molecule is COC1CC(c2onc(C(=O)Nc3c(C)n(C)n(C4CCCC4)c3=O)c2C)OC(C(C)(C)C)C1. The van der Waals surface area contributed by atoms with Crippen LogP contribution in [0.4, 0.5) is 5.69 Å². The van der Waals surface area contributed by atoms with Gasteiger partial charge in [-0.1, -0.05) is 38.8 Å². The van der Waals surface area contributed by atoms with Crippen molar-refractivity contribution in [3.8, 4) is 0 Å². The van der Waals surface area contributed by atoms with Gasteiger partial charge in [0.25, 0.3) is 11.5 Å². The molecular weight excluding hydrogens is 436 g/mol. The summed E-state index contributed by atoms with van der Waals surface area (Å²) in [6.45, 7) is 10.1. The minimum atomic E-state index is -0.455. The molecule has 0 bridgehead atoms. The van der Waals surface area contributed by atoms with Crippen molar-refractivity contribution >= 4 is 11.6 Å². The molecule has 3 unspecified atom stereocenters. The minimum Gasteiger partial charge on any atom is -0.381 e. The topological polar surface area (TPSA) is 101 Å². The molecule has 1 saturated carbocycles. The average molecular weight is 475 g/mol. The Labute approximate surface area is 200 Å². The average Bonchev–Trinajstić information content (AvgIpc) is 3.49. The molecular formula is C25H38N4O5. The fourth-order valence-electron chi connectivity index (χ4n) is 5.27. The second kappa shape index (κ2) is 9.34. The molecule has 34 heavy (non-hydrogen) atoms.